The Balaban J connectivity index is 2.07. The molecule has 2 aromatic carbocycles. The summed E-state index contributed by atoms with van der Waals surface area (Å²) >= 11 is 5.95. The number of nitrogens with zero attached hydrogens (tertiary/aromatic N) is 1. The first-order valence-electron chi connectivity index (χ1n) is 7.49. The third kappa shape index (κ3) is 5.07. The number of carbonyl (C=O) groups is 1. The molecule has 0 atom stereocenters. The van der Waals surface area contributed by atoms with E-state index in [0.29, 0.717) is 16.3 Å². The Hall–Kier alpha value is -2.84. The zero-order valence-corrected chi connectivity index (χ0v) is 14.2. The minimum Gasteiger partial charge on any atom is -0.489 e. The van der Waals surface area contributed by atoms with Crippen molar-refractivity contribution in [1.82, 2.24) is 0 Å². The van der Waals surface area contributed by atoms with Gasteiger partial charge in [-0.2, -0.15) is 5.26 Å². The number of nitriles is 1. The number of hydrogen-bond donors (Lipinski definition) is 0. The van der Waals surface area contributed by atoms with Gasteiger partial charge in [0.2, 0.25) is 0 Å². The molecule has 0 aliphatic heterocycles. The standard InChI is InChI=1S/C19H15ClFNO3/c1-2-24-19(23)14(11-22)10-13-6-8-15(9-7-13)25-12-16-17(20)4-3-5-18(16)21/h3-10H,2,12H2,1H3. The van der Waals surface area contributed by atoms with Crippen molar-refractivity contribution in [3.63, 3.8) is 0 Å². The molecule has 6 heteroatoms. The van der Waals surface area contributed by atoms with Crippen LogP contribution in [0.15, 0.2) is 48.0 Å². The monoisotopic (exact) mass is 359 g/mol. The number of benzene rings is 2. The Morgan fingerprint density at radius 2 is 2.00 bits per heavy atom. The maximum absolute atomic E-state index is 13.7. The Bertz CT molecular complexity index is 805. The van der Waals surface area contributed by atoms with Crippen molar-refractivity contribution < 1.29 is 18.7 Å². The Kier molecular flexibility index (Phi) is 6.55. The van der Waals surface area contributed by atoms with E-state index in [1.807, 2.05) is 6.07 Å². The molecule has 0 unspecified atom stereocenters. The molecule has 0 heterocycles. The number of esters is 1. The number of ether oxygens (including phenoxy) is 2. The molecule has 0 aliphatic rings. The van der Waals surface area contributed by atoms with Gasteiger partial charge in [0, 0.05) is 5.56 Å². The molecule has 4 nitrogen and oxygen atoms in total. The van der Waals surface area contributed by atoms with Crippen molar-refractivity contribution in [2.75, 3.05) is 6.61 Å². The Morgan fingerprint density at radius 1 is 1.28 bits per heavy atom. The largest absolute Gasteiger partial charge is 0.489 e. The normalized spacial score (nSPS) is 10.9. The van der Waals surface area contributed by atoms with Crippen LogP contribution in [-0.4, -0.2) is 12.6 Å². The quantitative estimate of drug-likeness (QED) is 0.432. The predicted octanol–water partition coefficient (Wildman–Crippen LogP) is 4.53. The maximum atomic E-state index is 13.7. The van der Waals surface area contributed by atoms with E-state index >= 15 is 0 Å². The van der Waals surface area contributed by atoms with E-state index in [0.717, 1.165) is 0 Å². The van der Waals surface area contributed by atoms with E-state index in [-0.39, 0.29) is 24.4 Å². The number of halogens is 2. The summed E-state index contributed by atoms with van der Waals surface area (Å²) in [6.45, 7) is 1.86. The molecule has 128 valence electrons. The molecule has 0 aliphatic carbocycles. The van der Waals surface area contributed by atoms with Gasteiger partial charge < -0.3 is 9.47 Å². The molecule has 25 heavy (non-hydrogen) atoms. The van der Waals surface area contributed by atoms with E-state index in [1.54, 1.807) is 37.3 Å². The van der Waals surface area contributed by atoms with Gasteiger partial charge in [-0.1, -0.05) is 29.8 Å². The molecule has 2 rings (SSSR count). The fourth-order valence-electron chi connectivity index (χ4n) is 2.00. The van der Waals surface area contributed by atoms with E-state index in [9.17, 15) is 9.18 Å². The highest BCUT2D eigenvalue weighted by Crippen LogP contribution is 2.22. The predicted molar refractivity (Wildman–Crippen MR) is 92.4 cm³/mol. The molecule has 0 radical (unpaired) electrons. The van der Waals surface area contributed by atoms with Crippen LogP contribution in [0.5, 0.6) is 5.75 Å². The summed E-state index contributed by atoms with van der Waals surface area (Å²) in [5.41, 5.74) is 0.830. The zero-order chi connectivity index (χ0) is 18.2. The van der Waals surface area contributed by atoms with Crippen LogP contribution in [0.4, 0.5) is 4.39 Å². The topological polar surface area (TPSA) is 59.3 Å². The number of carbonyl (C=O) groups excluding carboxylic acids is 1. The van der Waals surface area contributed by atoms with Gasteiger partial charge in [0.05, 0.1) is 11.6 Å². The van der Waals surface area contributed by atoms with E-state index < -0.39 is 11.8 Å². The van der Waals surface area contributed by atoms with E-state index in [4.69, 9.17) is 26.3 Å². The summed E-state index contributed by atoms with van der Waals surface area (Å²) in [4.78, 5) is 11.6. The van der Waals surface area contributed by atoms with Gasteiger partial charge in [-0.3, -0.25) is 0 Å². The number of hydrogen-bond acceptors (Lipinski definition) is 4. The second kappa shape index (κ2) is 8.86. The first kappa shape index (κ1) is 18.5. The van der Waals surface area contributed by atoms with Crippen LogP contribution in [0.25, 0.3) is 6.08 Å². The molecule has 0 spiro atoms. The molecule has 2 aromatic rings. The summed E-state index contributed by atoms with van der Waals surface area (Å²) in [6, 6.07) is 12.9. The average molecular weight is 360 g/mol. The molecular weight excluding hydrogens is 345 g/mol. The highest BCUT2D eigenvalue weighted by atomic mass is 35.5. The molecular formula is C19H15ClFNO3. The van der Waals surface area contributed by atoms with Crippen LogP contribution in [0.3, 0.4) is 0 Å². The van der Waals surface area contributed by atoms with Gasteiger partial charge in [0.25, 0.3) is 0 Å². The van der Waals surface area contributed by atoms with Gasteiger partial charge in [0.1, 0.15) is 29.8 Å². The van der Waals surface area contributed by atoms with E-state index in [2.05, 4.69) is 0 Å². The molecule has 0 fully saturated rings. The SMILES string of the molecule is CCOC(=O)C(C#N)=Cc1ccc(OCc2c(F)cccc2Cl)cc1. The van der Waals surface area contributed by atoms with Crippen molar-refractivity contribution >= 4 is 23.6 Å². The minimum atomic E-state index is -0.667. The van der Waals surface area contributed by atoms with Gasteiger partial charge in [-0.25, -0.2) is 9.18 Å². The molecule has 0 N–H and O–H groups in total. The fourth-order valence-corrected chi connectivity index (χ4v) is 2.22. The fraction of sp³-hybridized carbons (Fsp3) is 0.158. The highest BCUT2D eigenvalue weighted by Gasteiger charge is 2.10. The van der Waals surface area contributed by atoms with Crippen LogP contribution >= 0.6 is 11.6 Å². The number of rotatable bonds is 6. The van der Waals surface area contributed by atoms with Gasteiger partial charge in [-0.05, 0) is 42.8 Å². The first-order valence-corrected chi connectivity index (χ1v) is 7.87. The third-order valence-corrected chi connectivity index (χ3v) is 3.61. The van der Waals surface area contributed by atoms with Gasteiger partial charge in [-0.15, -0.1) is 0 Å². The lowest BCUT2D eigenvalue weighted by Gasteiger charge is -2.09. The molecule has 0 bridgehead atoms. The summed E-state index contributed by atoms with van der Waals surface area (Å²) in [5.74, 6) is -0.592. The highest BCUT2D eigenvalue weighted by molar-refractivity contribution is 6.31. The lowest BCUT2D eigenvalue weighted by Crippen LogP contribution is -2.05. The Morgan fingerprint density at radius 3 is 2.60 bits per heavy atom. The summed E-state index contributed by atoms with van der Waals surface area (Å²) in [7, 11) is 0. The first-order chi connectivity index (χ1) is 12.0. The van der Waals surface area contributed by atoms with Gasteiger partial charge >= 0.3 is 5.97 Å². The molecule has 0 saturated heterocycles. The molecule has 0 saturated carbocycles. The van der Waals surface area contributed by atoms with Crippen molar-refractivity contribution in [2.45, 2.75) is 13.5 Å². The molecule has 0 amide bonds. The third-order valence-electron chi connectivity index (χ3n) is 3.25. The van der Waals surface area contributed by atoms with Crippen molar-refractivity contribution in [2.24, 2.45) is 0 Å². The van der Waals surface area contributed by atoms with Crippen molar-refractivity contribution in [3.8, 4) is 11.8 Å². The van der Waals surface area contributed by atoms with Crippen LogP contribution in [0.2, 0.25) is 5.02 Å². The van der Waals surface area contributed by atoms with Gasteiger partial charge in [0.15, 0.2) is 0 Å². The lowest BCUT2D eigenvalue weighted by atomic mass is 10.1. The second-order valence-corrected chi connectivity index (χ2v) is 5.36. The summed E-state index contributed by atoms with van der Waals surface area (Å²) in [5, 5.41) is 9.31. The average Bonchev–Trinajstić information content (AvgIpc) is 2.60. The minimum absolute atomic E-state index is 0.00698. The lowest BCUT2D eigenvalue weighted by molar-refractivity contribution is -0.137. The smallest absolute Gasteiger partial charge is 0.348 e. The van der Waals surface area contributed by atoms with Crippen LogP contribution in [-0.2, 0) is 16.1 Å². The van der Waals surface area contributed by atoms with E-state index in [1.165, 1.54) is 18.2 Å². The van der Waals surface area contributed by atoms with Crippen molar-refractivity contribution in [3.05, 3.63) is 70.0 Å². The summed E-state index contributed by atoms with van der Waals surface area (Å²) in [6.07, 6.45) is 1.43. The molecule has 0 aromatic heterocycles. The Labute approximate surface area is 150 Å². The van der Waals surface area contributed by atoms with Crippen LogP contribution < -0.4 is 4.74 Å². The van der Waals surface area contributed by atoms with Crippen molar-refractivity contribution in [1.29, 1.82) is 5.26 Å². The van der Waals surface area contributed by atoms with Crippen LogP contribution in [0.1, 0.15) is 18.1 Å². The second-order valence-electron chi connectivity index (χ2n) is 4.95. The zero-order valence-electron chi connectivity index (χ0n) is 13.5. The van der Waals surface area contributed by atoms with Crippen LogP contribution in [0, 0.1) is 17.1 Å². The maximum Gasteiger partial charge on any atom is 0.348 e. The summed E-state index contributed by atoms with van der Waals surface area (Å²) < 4.78 is 24.0.